The molecular formula is C23H23N5O5. The molecule has 10 nitrogen and oxygen atoms in total. The minimum absolute atomic E-state index is 0.114. The summed E-state index contributed by atoms with van der Waals surface area (Å²) in [5, 5.41) is 14.6. The molecular weight excluding hydrogens is 426 g/mol. The van der Waals surface area contributed by atoms with E-state index in [1.165, 1.54) is 10.8 Å². The molecule has 4 atom stereocenters. The predicted molar refractivity (Wildman–Crippen MR) is 115 cm³/mol. The number of nitrogens with zero attached hydrogens (tertiary/aromatic N) is 4. The fraction of sp³-hybridized carbons (Fsp3) is 0.391. The van der Waals surface area contributed by atoms with Gasteiger partial charge >= 0.3 is 5.97 Å². The van der Waals surface area contributed by atoms with Crippen molar-refractivity contribution in [2.45, 2.75) is 50.5 Å². The average Bonchev–Trinajstić information content (AvgIpc) is 3.44. The standard InChI is InChI=1S/C23H23N5O5/c1-13-4-6-14(7-5-13)21(29)30-10-16-18-19(33-22(2,3)32-18)23(11-24,31-16)17-9-8-15-20(25)26-12-27-28(15)17/h4-9,12,16,18-19H,10H2,1-3H3,(H2,25,26,27)/t16-,18-,19-,23+/m1/s1. The van der Waals surface area contributed by atoms with Gasteiger partial charge in [0.1, 0.15) is 42.8 Å². The molecule has 0 amide bonds. The normalized spacial score (nSPS) is 27.9. The summed E-state index contributed by atoms with van der Waals surface area (Å²) in [6, 6.07) is 12.8. The van der Waals surface area contributed by atoms with Crippen molar-refractivity contribution in [3.63, 3.8) is 0 Å². The number of esters is 1. The lowest BCUT2D eigenvalue weighted by atomic mass is 9.92. The third-order valence-electron chi connectivity index (χ3n) is 5.93. The first-order valence-electron chi connectivity index (χ1n) is 10.5. The summed E-state index contributed by atoms with van der Waals surface area (Å²) in [6.45, 7) is 5.35. The molecule has 1 aromatic carbocycles. The molecule has 2 N–H and O–H groups in total. The van der Waals surface area contributed by atoms with Crippen LogP contribution < -0.4 is 5.73 Å². The number of carbonyl (C=O) groups is 1. The van der Waals surface area contributed by atoms with Crippen LogP contribution in [0.5, 0.6) is 0 Å². The minimum Gasteiger partial charge on any atom is -0.459 e. The Hall–Kier alpha value is -3.52. The van der Waals surface area contributed by atoms with Gasteiger partial charge in [-0.05, 0) is 45.0 Å². The van der Waals surface area contributed by atoms with Gasteiger partial charge < -0.3 is 24.7 Å². The maximum Gasteiger partial charge on any atom is 0.338 e. The van der Waals surface area contributed by atoms with Gasteiger partial charge in [0.25, 0.3) is 0 Å². The van der Waals surface area contributed by atoms with Crippen LogP contribution in [0.1, 0.15) is 35.5 Å². The third-order valence-corrected chi connectivity index (χ3v) is 5.93. The van der Waals surface area contributed by atoms with Crippen molar-refractivity contribution < 1.29 is 23.7 Å². The second kappa shape index (κ2) is 7.52. The SMILES string of the molecule is Cc1ccc(C(=O)OC[C@H]2O[C@@](C#N)(c3ccc4c(N)ncnn34)[C@@H]3OC(C)(C)O[C@@H]32)cc1. The fourth-order valence-corrected chi connectivity index (χ4v) is 4.40. The van der Waals surface area contributed by atoms with Crippen LogP contribution in [0.25, 0.3) is 5.52 Å². The van der Waals surface area contributed by atoms with Crippen molar-refractivity contribution in [1.29, 1.82) is 5.26 Å². The van der Waals surface area contributed by atoms with Crippen LogP contribution in [0, 0.1) is 18.3 Å². The van der Waals surface area contributed by atoms with Gasteiger partial charge in [-0.1, -0.05) is 17.7 Å². The monoisotopic (exact) mass is 449 g/mol. The molecule has 2 aromatic heterocycles. The quantitative estimate of drug-likeness (QED) is 0.594. The van der Waals surface area contributed by atoms with Crippen LogP contribution in [-0.2, 0) is 24.5 Å². The van der Waals surface area contributed by atoms with E-state index < -0.39 is 35.7 Å². The Morgan fingerprint density at radius 2 is 1.97 bits per heavy atom. The van der Waals surface area contributed by atoms with Gasteiger partial charge in [-0.25, -0.2) is 14.3 Å². The van der Waals surface area contributed by atoms with Crippen LogP contribution in [0.15, 0.2) is 42.7 Å². The van der Waals surface area contributed by atoms with E-state index >= 15 is 0 Å². The van der Waals surface area contributed by atoms with E-state index in [0.29, 0.717) is 16.8 Å². The molecule has 0 spiro atoms. The highest BCUT2D eigenvalue weighted by molar-refractivity contribution is 5.89. The summed E-state index contributed by atoms with van der Waals surface area (Å²) in [5.41, 5.74) is 6.83. The number of rotatable bonds is 4. The molecule has 0 radical (unpaired) electrons. The molecule has 170 valence electrons. The summed E-state index contributed by atoms with van der Waals surface area (Å²) in [4.78, 5) is 16.5. The zero-order valence-corrected chi connectivity index (χ0v) is 18.4. The highest BCUT2D eigenvalue weighted by atomic mass is 16.8. The zero-order chi connectivity index (χ0) is 23.4. The summed E-state index contributed by atoms with van der Waals surface area (Å²) >= 11 is 0. The number of hydrogen-bond donors (Lipinski definition) is 1. The topological polar surface area (TPSA) is 134 Å². The predicted octanol–water partition coefficient (Wildman–Crippen LogP) is 2.11. The molecule has 0 bridgehead atoms. The van der Waals surface area contributed by atoms with Crippen molar-refractivity contribution in [3.05, 3.63) is 59.5 Å². The lowest BCUT2D eigenvalue weighted by molar-refractivity contribution is -0.204. The van der Waals surface area contributed by atoms with E-state index in [1.807, 2.05) is 19.1 Å². The number of hydrogen-bond acceptors (Lipinski definition) is 9. The van der Waals surface area contributed by atoms with E-state index in [4.69, 9.17) is 24.7 Å². The molecule has 2 saturated heterocycles. The van der Waals surface area contributed by atoms with Crippen molar-refractivity contribution in [3.8, 4) is 6.07 Å². The number of fused-ring (bicyclic) bond motifs is 2. The molecule has 4 heterocycles. The largest absolute Gasteiger partial charge is 0.459 e. The van der Waals surface area contributed by atoms with Crippen molar-refractivity contribution in [1.82, 2.24) is 14.6 Å². The van der Waals surface area contributed by atoms with Gasteiger partial charge in [0.2, 0.25) is 5.60 Å². The molecule has 3 aromatic rings. The van der Waals surface area contributed by atoms with Gasteiger partial charge in [0.15, 0.2) is 11.6 Å². The van der Waals surface area contributed by atoms with Gasteiger partial charge in [-0.15, -0.1) is 0 Å². The average molecular weight is 449 g/mol. The summed E-state index contributed by atoms with van der Waals surface area (Å²) in [7, 11) is 0. The molecule has 0 saturated carbocycles. The Labute approximate surface area is 189 Å². The molecule has 0 aliphatic carbocycles. The maximum absolute atomic E-state index is 12.6. The molecule has 0 unspecified atom stereocenters. The Morgan fingerprint density at radius 3 is 2.70 bits per heavy atom. The van der Waals surface area contributed by atoms with Gasteiger partial charge in [-0.3, -0.25) is 0 Å². The lowest BCUT2D eigenvalue weighted by Gasteiger charge is -2.28. The number of ether oxygens (including phenoxy) is 4. The lowest BCUT2D eigenvalue weighted by Crippen LogP contribution is -2.40. The Kier molecular flexibility index (Phi) is 4.86. The Bertz CT molecular complexity index is 1260. The Morgan fingerprint density at radius 1 is 1.21 bits per heavy atom. The van der Waals surface area contributed by atoms with E-state index in [-0.39, 0.29) is 12.4 Å². The van der Waals surface area contributed by atoms with E-state index in [1.54, 1.807) is 38.1 Å². The highest BCUT2D eigenvalue weighted by Crippen LogP contribution is 2.49. The molecule has 10 heteroatoms. The first kappa shape index (κ1) is 21.3. The number of anilines is 1. The number of nitriles is 1. The minimum atomic E-state index is -1.56. The maximum atomic E-state index is 12.6. The summed E-state index contributed by atoms with van der Waals surface area (Å²) in [5.74, 6) is -1.18. The fourth-order valence-electron chi connectivity index (χ4n) is 4.40. The summed E-state index contributed by atoms with van der Waals surface area (Å²) in [6.07, 6.45) is -0.860. The molecule has 33 heavy (non-hydrogen) atoms. The number of aromatic nitrogens is 3. The van der Waals surface area contributed by atoms with Crippen molar-refractivity contribution in [2.75, 3.05) is 12.3 Å². The van der Waals surface area contributed by atoms with Crippen LogP contribution >= 0.6 is 0 Å². The highest BCUT2D eigenvalue weighted by Gasteiger charge is 2.65. The molecule has 5 rings (SSSR count). The van der Waals surface area contributed by atoms with Gasteiger partial charge in [0, 0.05) is 0 Å². The van der Waals surface area contributed by atoms with Crippen molar-refractivity contribution in [2.24, 2.45) is 0 Å². The van der Waals surface area contributed by atoms with E-state index in [0.717, 1.165) is 5.56 Å². The zero-order valence-electron chi connectivity index (χ0n) is 18.4. The molecule has 2 aliphatic heterocycles. The van der Waals surface area contributed by atoms with Crippen LogP contribution in [-0.4, -0.2) is 51.3 Å². The number of nitrogens with two attached hydrogens (primary N) is 1. The van der Waals surface area contributed by atoms with Crippen molar-refractivity contribution >= 4 is 17.3 Å². The molecule has 2 fully saturated rings. The van der Waals surface area contributed by atoms with Crippen LogP contribution in [0.2, 0.25) is 0 Å². The van der Waals surface area contributed by atoms with E-state index in [9.17, 15) is 10.1 Å². The first-order valence-corrected chi connectivity index (χ1v) is 10.5. The van der Waals surface area contributed by atoms with E-state index in [2.05, 4.69) is 16.2 Å². The number of carbonyl (C=O) groups excluding carboxylic acids is 1. The molecule has 2 aliphatic rings. The van der Waals surface area contributed by atoms with Crippen LogP contribution in [0.4, 0.5) is 5.82 Å². The Balaban J connectivity index is 1.47. The number of benzene rings is 1. The first-order chi connectivity index (χ1) is 15.7. The second-order valence-corrected chi connectivity index (χ2v) is 8.65. The summed E-state index contributed by atoms with van der Waals surface area (Å²) < 4.78 is 25.5. The van der Waals surface area contributed by atoms with Gasteiger partial charge in [-0.2, -0.15) is 10.4 Å². The van der Waals surface area contributed by atoms with Gasteiger partial charge in [0.05, 0.1) is 11.3 Å². The van der Waals surface area contributed by atoms with Crippen LogP contribution in [0.3, 0.4) is 0 Å². The second-order valence-electron chi connectivity index (χ2n) is 8.65. The number of aryl methyl sites for hydroxylation is 1. The number of nitrogen functional groups attached to an aromatic ring is 1. The smallest absolute Gasteiger partial charge is 0.338 e. The third kappa shape index (κ3) is 3.41.